The first-order valence-corrected chi connectivity index (χ1v) is 6.12. The number of aromatic nitrogens is 2. The molecule has 3 rings (SSSR count). The van der Waals surface area contributed by atoms with E-state index in [1.807, 2.05) is 30.0 Å². The molecule has 0 aliphatic carbocycles. The third kappa shape index (κ3) is 1.87. The summed E-state index contributed by atoms with van der Waals surface area (Å²) in [6, 6.07) is 8.17. The van der Waals surface area contributed by atoms with E-state index in [0.717, 1.165) is 29.3 Å². The Labute approximate surface area is 92.7 Å². The highest BCUT2D eigenvalue weighted by Gasteiger charge is 2.17. The fraction of sp³-hybridized carbons (Fsp3) is 0.364. The first-order chi connectivity index (χ1) is 7.42. The Morgan fingerprint density at radius 2 is 2.27 bits per heavy atom. The topological polar surface area (TPSA) is 40.7 Å². The molecule has 2 aromatic rings. The zero-order valence-corrected chi connectivity index (χ0v) is 9.18. The zero-order chi connectivity index (χ0) is 10.1. The van der Waals surface area contributed by atoms with E-state index >= 15 is 0 Å². The van der Waals surface area contributed by atoms with Crippen LogP contribution < -0.4 is 5.32 Å². The maximum atomic E-state index is 4.56. The summed E-state index contributed by atoms with van der Waals surface area (Å²) in [4.78, 5) is 7.90. The monoisotopic (exact) mass is 219 g/mol. The number of hydrogen-bond donors (Lipinski definition) is 2. The molecular weight excluding hydrogens is 206 g/mol. The highest BCUT2D eigenvalue weighted by molar-refractivity contribution is 7.99. The van der Waals surface area contributed by atoms with Crippen molar-refractivity contribution in [3.63, 3.8) is 0 Å². The minimum absolute atomic E-state index is 0.672. The molecule has 1 aromatic carbocycles. The highest BCUT2D eigenvalue weighted by atomic mass is 32.2. The molecule has 4 heteroatoms. The Hall–Kier alpha value is -1.00. The Morgan fingerprint density at radius 1 is 1.33 bits per heavy atom. The van der Waals surface area contributed by atoms with E-state index in [1.54, 1.807) is 0 Å². The zero-order valence-electron chi connectivity index (χ0n) is 8.36. The van der Waals surface area contributed by atoms with Crippen LogP contribution in [0.15, 0.2) is 29.4 Å². The van der Waals surface area contributed by atoms with Crippen molar-refractivity contribution in [3.05, 3.63) is 24.3 Å². The van der Waals surface area contributed by atoms with E-state index in [4.69, 9.17) is 0 Å². The van der Waals surface area contributed by atoms with Crippen LogP contribution in [0, 0.1) is 0 Å². The number of para-hydroxylation sites is 2. The lowest BCUT2D eigenvalue weighted by molar-refractivity contribution is 0.858. The van der Waals surface area contributed by atoms with Crippen molar-refractivity contribution in [2.24, 2.45) is 0 Å². The average Bonchev–Trinajstić information content (AvgIpc) is 2.86. The van der Waals surface area contributed by atoms with Crippen LogP contribution in [0.25, 0.3) is 11.0 Å². The third-order valence-electron chi connectivity index (χ3n) is 2.66. The van der Waals surface area contributed by atoms with E-state index in [0.29, 0.717) is 5.25 Å². The fourth-order valence-electron chi connectivity index (χ4n) is 1.87. The van der Waals surface area contributed by atoms with Gasteiger partial charge in [0.25, 0.3) is 0 Å². The molecule has 78 valence electrons. The van der Waals surface area contributed by atoms with Gasteiger partial charge < -0.3 is 10.3 Å². The Bertz CT molecular complexity index is 427. The van der Waals surface area contributed by atoms with Crippen molar-refractivity contribution in [1.82, 2.24) is 15.3 Å². The SMILES string of the molecule is c1ccc2[nH]c(S[C@H]3CCNC3)nc2c1. The van der Waals surface area contributed by atoms with Gasteiger partial charge in [-0.2, -0.15) is 0 Å². The van der Waals surface area contributed by atoms with Crippen molar-refractivity contribution >= 4 is 22.8 Å². The molecule has 0 saturated carbocycles. The van der Waals surface area contributed by atoms with Crippen LogP contribution in [0.5, 0.6) is 0 Å². The van der Waals surface area contributed by atoms with Crippen LogP contribution in [0.4, 0.5) is 0 Å². The molecule has 0 amide bonds. The molecular formula is C11H13N3S. The predicted molar refractivity (Wildman–Crippen MR) is 63.2 cm³/mol. The van der Waals surface area contributed by atoms with Crippen LogP contribution in [0.1, 0.15) is 6.42 Å². The molecule has 15 heavy (non-hydrogen) atoms. The van der Waals surface area contributed by atoms with E-state index < -0.39 is 0 Å². The summed E-state index contributed by atoms with van der Waals surface area (Å²) < 4.78 is 0. The lowest BCUT2D eigenvalue weighted by atomic mass is 10.3. The second-order valence-corrected chi connectivity index (χ2v) is 5.08. The number of imidazole rings is 1. The molecule has 1 atom stereocenters. The smallest absolute Gasteiger partial charge is 0.166 e. The van der Waals surface area contributed by atoms with E-state index in [-0.39, 0.29) is 0 Å². The highest BCUT2D eigenvalue weighted by Crippen LogP contribution is 2.26. The number of hydrogen-bond acceptors (Lipinski definition) is 3. The quantitative estimate of drug-likeness (QED) is 0.812. The minimum atomic E-state index is 0.672. The third-order valence-corrected chi connectivity index (χ3v) is 3.81. The molecule has 0 radical (unpaired) electrons. The van der Waals surface area contributed by atoms with Crippen LogP contribution in [0.2, 0.25) is 0 Å². The standard InChI is InChI=1S/C11H13N3S/c1-2-4-10-9(3-1)13-11(14-10)15-8-5-6-12-7-8/h1-4,8,12H,5-7H2,(H,13,14)/t8-/m0/s1. The van der Waals surface area contributed by atoms with E-state index in [9.17, 15) is 0 Å². The van der Waals surface area contributed by atoms with Gasteiger partial charge in [-0.05, 0) is 25.1 Å². The number of benzene rings is 1. The summed E-state index contributed by atoms with van der Waals surface area (Å²) in [6.45, 7) is 2.24. The van der Waals surface area contributed by atoms with Gasteiger partial charge in [0.2, 0.25) is 0 Å². The Balaban J connectivity index is 1.84. The Morgan fingerprint density at radius 3 is 3.07 bits per heavy atom. The van der Waals surface area contributed by atoms with E-state index in [2.05, 4.69) is 21.4 Å². The lowest BCUT2D eigenvalue weighted by Crippen LogP contribution is -2.10. The number of H-pyrrole nitrogens is 1. The maximum Gasteiger partial charge on any atom is 0.166 e. The number of aromatic amines is 1. The number of fused-ring (bicyclic) bond motifs is 1. The van der Waals surface area contributed by atoms with Gasteiger partial charge in [-0.15, -0.1) is 0 Å². The second kappa shape index (κ2) is 3.87. The van der Waals surface area contributed by atoms with Crippen molar-refractivity contribution in [1.29, 1.82) is 0 Å². The van der Waals surface area contributed by atoms with Crippen LogP contribution >= 0.6 is 11.8 Å². The first-order valence-electron chi connectivity index (χ1n) is 5.24. The van der Waals surface area contributed by atoms with Crippen LogP contribution in [-0.4, -0.2) is 28.3 Å². The van der Waals surface area contributed by atoms with Gasteiger partial charge in [-0.25, -0.2) is 4.98 Å². The first kappa shape index (κ1) is 9.24. The lowest BCUT2D eigenvalue weighted by Gasteiger charge is -2.03. The summed E-state index contributed by atoms with van der Waals surface area (Å²) in [6.07, 6.45) is 1.24. The summed E-state index contributed by atoms with van der Waals surface area (Å²) in [5.74, 6) is 0. The molecule has 1 aliphatic rings. The van der Waals surface area contributed by atoms with Gasteiger partial charge in [0.05, 0.1) is 11.0 Å². The maximum absolute atomic E-state index is 4.56. The van der Waals surface area contributed by atoms with Gasteiger partial charge >= 0.3 is 0 Å². The van der Waals surface area contributed by atoms with Crippen molar-refractivity contribution < 1.29 is 0 Å². The minimum Gasteiger partial charge on any atom is -0.333 e. The predicted octanol–water partition coefficient (Wildman–Crippen LogP) is 2.02. The molecule has 0 spiro atoms. The number of thioether (sulfide) groups is 1. The van der Waals surface area contributed by atoms with Gasteiger partial charge in [-0.3, -0.25) is 0 Å². The molecule has 0 bridgehead atoms. The number of rotatable bonds is 2. The molecule has 1 aliphatic heterocycles. The number of nitrogens with zero attached hydrogens (tertiary/aromatic N) is 1. The van der Waals surface area contributed by atoms with Gasteiger partial charge in [0, 0.05) is 11.8 Å². The summed E-state index contributed by atoms with van der Waals surface area (Å²) >= 11 is 1.85. The van der Waals surface area contributed by atoms with Gasteiger partial charge in [0.1, 0.15) is 0 Å². The second-order valence-electron chi connectivity index (χ2n) is 3.79. The largest absolute Gasteiger partial charge is 0.333 e. The number of nitrogens with one attached hydrogen (secondary N) is 2. The normalized spacial score (nSPS) is 21.2. The fourth-order valence-corrected chi connectivity index (χ4v) is 2.94. The molecule has 1 saturated heterocycles. The van der Waals surface area contributed by atoms with E-state index in [1.165, 1.54) is 6.42 Å². The van der Waals surface area contributed by atoms with Gasteiger partial charge in [-0.1, -0.05) is 23.9 Å². The molecule has 2 heterocycles. The van der Waals surface area contributed by atoms with Crippen LogP contribution in [0.3, 0.4) is 0 Å². The molecule has 2 N–H and O–H groups in total. The Kier molecular flexibility index (Phi) is 2.38. The summed E-state index contributed by atoms with van der Waals surface area (Å²) in [7, 11) is 0. The van der Waals surface area contributed by atoms with Crippen molar-refractivity contribution in [2.45, 2.75) is 16.8 Å². The molecule has 3 nitrogen and oxygen atoms in total. The van der Waals surface area contributed by atoms with Crippen molar-refractivity contribution in [2.75, 3.05) is 13.1 Å². The summed E-state index contributed by atoms with van der Waals surface area (Å²) in [5.41, 5.74) is 2.19. The molecule has 1 aromatic heterocycles. The average molecular weight is 219 g/mol. The van der Waals surface area contributed by atoms with Crippen molar-refractivity contribution in [3.8, 4) is 0 Å². The molecule has 0 unspecified atom stereocenters. The molecule has 1 fully saturated rings. The van der Waals surface area contributed by atoms with Gasteiger partial charge in [0.15, 0.2) is 5.16 Å². The van der Waals surface area contributed by atoms with Crippen LogP contribution in [-0.2, 0) is 0 Å². The summed E-state index contributed by atoms with van der Waals surface area (Å²) in [5, 5.41) is 5.08.